The Labute approximate surface area is 206 Å². The smallest absolute Gasteiger partial charge is 0.243 e. The topological polar surface area (TPSA) is 92.3 Å². The Morgan fingerprint density at radius 2 is 1.66 bits per heavy atom. The Bertz CT molecular complexity index is 1060. The van der Waals surface area contributed by atoms with E-state index >= 15 is 0 Å². The number of rotatable bonds is 6. The number of ether oxygens (including phenoxy) is 2. The van der Waals surface area contributed by atoms with E-state index < -0.39 is 10.0 Å². The van der Waals surface area contributed by atoms with E-state index in [1.165, 1.54) is 0 Å². The Balaban J connectivity index is 0.00000289. The maximum atomic E-state index is 12.9. The molecular weight excluding hydrogens is 543 g/mol. The highest BCUT2D eigenvalue weighted by molar-refractivity contribution is 14.0. The van der Waals surface area contributed by atoms with Crippen molar-refractivity contribution >= 4 is 40.0 Å². The molecule has 0 atom stereocenters. The molecule has 2 aliphatic rings. The largest absolute Gasteiger partial charge is 0.454 e. The van der Waals surface area contributed by atoms with Gasteiger partial charge in [-0.1, -0.05) is 24.6 Å². The van der Waals surface area contributed by atoms with Crippen LogP contribution in [0.2, 0.25) is 0 Å². The third-order valence-corrected chi connectivity index (χ3v) is 7.33. The lowest BCUT2D eigenvalue weighted by Crippen LogP contribution is -2.36. The van der Waals surface area contributed by atoms with Crippen LogP contribution in [-0.4, -0.2) is 45.6 Å². The number of aliphatic imine (C=N–C) groups is 1. The molecule has 2 aromatic rings. The predicted octanol–water partition coefficient (Wildman–Crippen LogP) is 3.07. The molecule has 2 heterocycles. The average molecular weight is 572 g/mol. The van der Waals surface area contributed by atoms with Crippen LogP contribution in [0.5, 0.6) is 11.5 Å². The van der Waals surface area contributed by atoms with E-state index in [2.05, 4.69) is 15.6 Å². The van der Waals surface area contributed by atoms with Gasteiger partial charge in [0.05, 0.1) is 4.90 Å². The minimum Gasteiger partial charge on any atom is -0.454 e. The van der Waals surface area contributed by atoms with Crippen LogP contribution in [-0.2, 0) is 23.1 Å². The first-order valence-corrected chi connectivity index (χ1v) is 11.9. The molecule has 174 valence electrons. The van der Waals surface area contributed by atoms with Crippen molar-refractivity contribution in [3.8, 4) is 11.5 Å². The predicted molar refractivity (Wildman–Crippen MR) is 134 cm³/mol. The molecule has 2 aliphatic heterocycles. The maximum Gasteiger partial charge on any atom is 0.243 e. The van der Waals surface area contributed by atoms with Gasteiger partial charge in [-0.05, 0) is 48.2 Å². The van der Waals surface area contributed by atoms with Crippen molar-refractivity contribution < 1.29 is 17.9 Å². The normalized spacial score (nSPS) is 16.3. The average Bonchev–Trinajstić information content (AvgIpc) is 3.28. The second kappa shape index (κ2) is 11.2. The molecule has 4 rings (SSSR count). The van der Waals surface area contributed by atoms with Gasteiger partial charge in [-0.2, -0.15) is 4.31 Å². The van der Waals surface area contributed by atoms with E-state index in [1.807, 2.05) is 24.3 Å². The quantitative estimate of drug-likeness (QED) is 0.314. The number of benzene rings is 2. The molecule has 0 amide bonds. The highest BCUT2D eigenvalue weighted by atomic mass is 127. The maximum absolute atomic E-state index is 12.9. The summed E-state index contributed by atoms with van der Waals surface area (Å²) in [7, 11) is -1.74. The van der Waals surface area contributed by atoms with Crippen LogP contribution in [0.1, 0.15) is 30.4 Å². The third-order valence-electron chi connectivity index (χ3n) is 5.43. The molecule has 0 saturated carbocycles. The molecule has 1 saturated heterocycles. The Morgan fingerprint density at radius 3 is 2.38 bits per heavy atom. The van der Waals surface area contributed by atoms with Gasteiger partial charge in [0.1, 0.15) is 0 Å². The molecule has 0 aromatic heterocycles. The number of hydrogen-bond donors (Lipinski definition) is 2. The lowest BCUT2D eigenvalue weighted by Gasteiger charge is -2.26. The number of nitrogens with zero attached hydrogens (tertiary/aromatic N) is 2. The van der Waals surface area contributed by atoms with Gasteiger partial charge >= 0.3 is 0 Å². The van der Waals surface area contributed by atoms with Gasteiger partial charge in [-0.25, -0.2) is 8.42 Å². The molecule has 1 fully saturated rings. The second-order valence-electron chi connectivity index (χ2n) is 7.58. The van der Waals surface area contributed by atoms with Gasteiger partial charge in [-0.3, -0.25) is 4.99 Å². The summed E-state index contributed by atoms with van der Waals surface area (Å²) in [5.74, 6) is 2.13. The van der Waals surface area contributed by atoms with Gasteiger partial charge in [-0.15, -0.1) is 24.0 Å². The molecule has 2 aromatic carbocycles. The summed E-state index contributed by atoms with van der Waals surface area (Å²) in [6.07, 6.45) is 2.94. The Kier molecular flexibility index (Phi) is 8.60. The van der Waals surface area contributed by atoms with Crippen molar-refractivity contribution in [3.05, 3.63) is 53.6 Å². The van der Waals surface area contributed by atoms with Crippen LogP contribution in [0, 0.1) is 0 Å². The first kappa shape index (κ1) is 24.6. The molecule has 2 N–H and O–H groups in total. The van der Waals surface area contributed by atoms with E-state index in [4.69, 9.17) is 9.47 Å². The SMILES string of the molecule is CN=C(NCc1cccc(S(=O)(=O)N2CCCCC2)c1)NCc1ccc2c(c1)OCO2.I. The van der Waals surface area contributed by atoms with E-state index in [1.54, 1.807) is 29.6 Å². The zero-order valence-corrected chi connectivity index (χ0v) is 21.2. The minimum atomic E-state index is -3.44. The molecular formula is C22H29IN4O4S. The summed E-state index contributed by atoms with van der Waals surface area (Å²) < 4.78 is 38.2. The number of sulfonamides is 1. The second-order valence-corrected chi connectivity index (χ2v) is 9.52. The van der Waals surface area contributed by atoms with E-state index in [9.17, 15) is 8.42 Å². The molecule has 0 radical (unpaired) electrons. The van der Waals surface area contributed by atoms with Crippen LogP contribution in [0.3, 0.4) is 0 Å². The monoisotopic (exact) mass is 572 g/mol. The summed E-state index contributed by atoms with van der Waals surface area (Å²) in [6.45, 7) is 2.48. The number of piperidine rings is 1. The Hall–Kier alpha value is -2.05. The number of fused-ring (bicyclic) bond motifs is 1. The molecule has 0 unspecified atom stereocenters. The standard InChI is InChI=1S/C22H28N4O4S.HI/c1-23-22(25-15-18-8-9-20-21(13-18)30-16-29-20)24-14-17-6-5-7-19(12-17)31(27,28)26-10-3-2-4-11-26;/h5-9,12-13H,2-4,10-11,14-16H2,1H3,(H2,23,24,25);1H. The zero-order valence-electron chi connectivity index (χ0n) is 18.0. The van der Waals surface area contributed by atoms with Crippen molar-refractivity contribution in [2.45, 2.75) is 37.2 Å². The first-order valence-electron chi connectivity index (χ1n) is 10.5. The fourth-order valence-electron chi connectivity index (χ4n) is 3.71. The van der Waals surface area contributed by atoms with Gasteiger partial charge in [0.25, 0.3) is 0 Å². The van der Waals surface area contributed by atoms with E-state index in [0.29, 0.717) is 37.0 Å². The minimum absolute atomic E-state index is 0. The van der Waals surface area contributed by atoms with Crippen molar-refractivity contribution in [1.82, 2.24) is 14.9 Å². The zero-order chi connectivity index (χ0) is 21.7. The van der Waals surface area contributed by atoms with Crippen LogP contribution in [0.4, 0.5) is 0 Å². The summed E-state index contributed by atoms with van der Waals surface area (Å²) >= 11 is 0. The highest BCUT2D eigenvalue weighted by Gasteiger charge is 2.25. The molecule has 0 spiro atoms. The van der Waals surface area contributed by atoms with E-state index in [0.717, 1.165) is 41.9 Å². The summed E-state index contributed by atoms with van der Waals surface area (Å²) in [5.41, 5.74) is 1.92. The fourth-order valence-corrected chi connectivity index (χ4v) is 5.30. The van der Waals surface area contributed by atoms with Gasteiger partial charge < -0.3 is 20.1 Å². The number of hydrogen-bond acceptors (Lipinski definition) is 5. The van der Waals surface area contributed by atoms with Crippen molar-refractivity contribution in [2.24, 2.45) is 4.99 Å². The van der Waals surface area contributed by atoms with Gasteiger partial charge in [0.15, 0.2) is 17.5 Å². The number of guanidine groups is 1. The van der Waals surface area contributed by atoms with Gasteiger partial charge in [0.2, 0.25) is 16.8 Å². The molecule has 10 heteroatoms. The highest BCUT2D eigenvalue weighted by Crippen LogP contribution is 2.32. The lowest BCUT2D eigenvalue weighted by atomic mass is 10.2. The van der Waals surface area contributed by atoms with Crippen molar-refractivity contribution in [1.29, 1.82) is 0 Å². The summed E-state index contributed by atoms with van der Waals surface area (Å²) in [4.78, 5) is 4.59. The molecule has 0 aliphatic carbocycles. The third kappa shape index (κ3) is 5.84. The summed E-state index contributed by atoms with van der Waals surface area (Å²) in [5, 5.41) is 6.50. The Morgan fingerprint density at radius 1 is 0.969 bits per heavy atom. The number of nitrogens with one attached hydrogen (secondary N) is 2. The number of halogens is 1. The fraction of sp³-hybridized carbons (Fsp3) is 0.409. The van der Waals surface area contributed by atoms with E-state index in [-0.39, 0.29) is 30.8 Å². The van der Waals surface area contributed by atoms with Crippen LogP contribution in [0.25, 0.3) is 0 Å². The molecule has 8 nitrogen and oxygen atoms in total. The van der Waals surface area contributed by atoms with Crippen LogP contribution >= 0.6 is 24.0 Å². The molecule has 32 heavy (non-hydrogen) atoms. The summed E-state index contributed by atoms with van der Waals surface area (Å²) in [6, 6.07) is 12.9. The van der Waals surface area contributed by atoms with Crippen molar-refractivity contribution in [2.75, 3.05) is 26.9 Å². The van der Waals surface area contributed by atoms with Crippen LogP contribution < -0.4 is 20.1 Å². The van der Waals surface area contributed by atoms with Crippen LogP contribution in [0.15, 0.2) is 52.4 Å². The van der Waals surface area contributed by atoms with Crippen molar-refractivity contribution in [3.63, 3.8) is 0 Å². The first-order chi connectivity index (χ1) is 15.1. The lowest BCUT2D eigenvalue weighted by molar-refractivity contribution is 0.174. The molecule has 0 bridgehead atoms. The van der Waals surface area contributed by atoms with Gasteiger partial charge in [0, 0.05) is 33.2 Å².